The van der Waals surface area contributed by atoms with E-state index in [1.165, 1.54) is 42.7 Å². The standard InChI is InChI=1S/C14H17NS/c1-3-7-12(8-4-1)13-15-11-14(16-13)9-5-2-6-10-14/h1,3-4,7-8H,2,5-6,9-11H2. The highest BCUT2D eigenvalue weighted by Crippen LogP contribution is 2.45. The fraction of sp³-hybridized carbons (Fsp3) is 0.500. The van der Waals surface area contributed by atoms with Crippen LogP contribution in [0, 0.1) is 0 Å². The van der Waals surface area contributed by atoms with E-state index in [9.17, 15) is 0 Å². The zero-order chi connectivity index (χ0) is 10.8. The molecule has 1 spiro atoms. The molecule has 1 aliphatic heterocycles. The molecule has 0 aromatic heterocycles. The monoisotopic (exact) mass is 231 g/mol. The molecule has 1 nitrogen and oxygen atoms in total. The van der Waals surface area contributed by atoms with E-state index in [1.807, 2.05) is 11.8 Å². The van der Waals surface area contributed by atoms with Crippen LogP contribution in [-0.2, 0) is 0 Å². The van der Waals surface area contributed by atoms with Crippen LogP contribution in [0.2, 0.25) is 0 Å². The van der Waals surface area contributed by atoms with Gasteiger partial charge in [-0.1, -0.05) is 61.4 Å². The maximum absolute atomic E-state index is 4.76. The van der Waals surface area contributed by atoms with Gasteiger partial charge < -0.3 is 0 Å². The first-order valence-electron chi connectivity index (χ1n) is 6.17. The molecule has 1 aromatic carbocycles. The number of benzene rings is 1. The maximum atomic E-state index is 4.76. The Morgan fingerprint density at radius 2 is 1.75 bits per heavy atom. The molecule has 0 atom stereocenters. The molecule has 84 valence electrons. The normalized spacial score (nSPS) is 23.4. The third-order valence-corrected chi connectivity index (χ3v) is 5.14. The third-order valence-electron chi connectivity index (χ3n) is 3.61. The summed E-state index contributed by atoms with van der Waals surface area (Å²) in [5.74, 6) is 0. The summed E-state index contributed by atoms with van der Waals surface area (Å²) >= 11 is 2.04. The van der Waals surface area contributed by atoms with Crippen LogP contribution in [-0.4, -0.2) is 16.3 Å². The van der Waals surface area contributed by atoms with Crippen LogP contribution in [0.4, 0.5) is 0 Å². The molecule has 1 saturated carbocycles. The van der Waals surface area contributed by atoms with Crippen molar-refractivity contribution in [2.24, 2.45) is 4.99 Å². The van der Waals surface area contributed by atoms with Gasteiger partial charge in [-0.15, -0.1) is 0 Å². The summed E-state index contributed by atoms with van der Waals surface area (Å²) in [6, 6.07) is 10.6. The van der Waals surface area contributed by atoms with Gasteiger partial charge in [-0.2, -0.15) is 0 Å². The van der Waals surface area contributed by atoms with Gasteiger partial charge >= 0.3 is 0 Å². The number of nitrogens with zero attached hydrogens (tertiary/aromatic N) is 1. The molecule has 0 N–H and O–H groups in total. The Morgan fingerprint density at radius 3 is 2.50 bits per heavy atom. The number of hydrogen-bond acceptors (Lipinski definition) is 2. The van der Waals surface area contributed by atoms with Crippen molar-refractivity contribution >= 4 is 16.8 Å². The van der Waals surface area contributed by atoms with Gasteiger partial charge in [-0.25, -0.2) is 0 Å². The fourth-order valence-electron chi connectivity index (χ4n) is 2.67. The van der Waals surface area contributed by atoms with Gasteiger partial charge in [0.05, 0.1) is 11.6 Å². The summed E-state index contributed by atoms with van der Waals surface area (Å²) in [5, 5.41) is 1.27. The van der Waals surface area contributed by atoms with Crippen LogP contribution in [0.5, 0.6) is 0 Å². The van der Waals surface area contributed by atoms with Crippen LogP contribution in [0.25, 0.3) is 0 Å². The minimum atomic E-state index is 0.462. The first-order chi connectivity index (χ1) is 7.88. The molecule has 0 radical (unpaired) electrons. The molecule has 1 aromatic rings. The summed E-state index contributed by atoms with van der Waals surface area (Å²) in [6.07, 6.45) is 6.92. The van der Waals surface area contributed by atoms with E-state index in [1.54, 1.807) is 0 Å². The van der Waals surface area contributed by atoms with Crippen LogP contribution in [0.1, 0.15) is 37.7 Å². The number of hydrogen-bond donors (Lipinski definition) is 0. The molecule has 1 aliphatic carbocycles. The molecule has 0 saturated heterocycles. The minimum Gasteiger partial charge on any atom is -0.276 e. The highest BCUT2D eigenvalue weighted by atomic mass is 32.2. The summed E-state index contributed by atoms with van der Waals surface area (Å²) in [4.78, 5) is 4.76. The summed E-state index contributed by atoms with van der Waals surface area (Å²) in [5.41, 5.74) is 1.30. The smallest absolute Gasteiger partial charge is 0.0983 e. The average molecular weight is 231 g/mol. The van der Waals surface area contributed by atoms with Gasteiger partial charge in [0.25, 0.3) is 0 Å². The average Bonchev–Trinajstić information content (AvgIpc) is 2.75. The SMILES string of the molecule is c1ccc(C2=NCC3(CCCCC3)S2)cc1. The Labute approximate surface area is 101 Å². The van der Waals surface area contributed by atoms with Crippen molar-refractivity contribution in [3.05, 3.63) is 35.9 Å². The van der Waals surface area contributed by atoms with Gasteiger partial charge in [0.15, 0.2) is 0 Å². The summed E-state index contributed by atoms with van der Waals surface area (Å²) < 4.78 is 0.462. The Bertz CT molecular complexity index is 390. The van der Waals surface area contributed by atoms with Crippen LogP contribution in [0.15, 0.2) is 35.3 Å². The van der Waals surface area contributed by atoms with Crippen molar-refractivity contribution in [3.63, 3.8) is 0 Å². The second-order valence-electron chi connectivity index (χ2n) is 4.83. The van der Waals surface area contributed by atoms with Crippen molar-refractivity contribution in [3.8, 4) is 0 Å². The number of rotatable bonds is 1. The highest BCUT2D eigenvalue weighted by Gasteiger charge is 2.38. The predicted molar refractivity (Wildman–Crippen MR) is 71.3 cm³/mol. The molecule has 0 unspecified atom stereocenters. The Morgan fingerprint density at radius 1 is 1.00 bits per heavy atom. The van der Waals surface area contributed by atoms with Gasteiger partial charge in [0.2, 0.25) is 0 Å². The van der Waals surface area contributed by atoms with E-state index in [2.05, 4.69) is 30.3 Å². The fourth-order valence-corrected chi connectivity index (χ4v) is 4.09. The van der Waals surface area contributed by atoms with E-state index in [0.29, 0.717) is 4.75 Å². The van der Waals surface area contributed by atoms with Gasteiger partial charge in [0, 0.05) is 10.3 Å². The number of aliphatic imine (C=N–C) groups is 1. The lowest BCUT2D eigenvalue weighted by molar-refractivity contribution is 0.409. The van der Waals surface area contributed by atoms with E-state index >= 15 is 0 Å². The third kappa shape index (κ3) is 1.91. The molecule has 3 rings (SSSR count). The molecule has 2 heteroatoms. The van der Waals surface area contributed by atoms with Crippen molar-refractivity contribution in [2.75, 3.05) is 6.54 Å². The van der Waals surface area contributed by atoms with E-state index in [4.69, 9.17) is 4.99 Å². The van der Waals surface area contributed by atoms with E-state index < -0.39 is 0 Å². The van der Waals surface area contributed by atoms with Crippen LogP contribution < -0.4 is 0 Å². The summed E-state index contributed by atoms with van der Waals surface area (Å²) in [7, 11) is 0. The molecular weight excluding hydrogens is 214 g/mol. The van der Waals surface area contributed by atoms with Crippen LogP contribution >= 0.6 is 11.8 Å². The lowest BCUT2D eigenvalue weighted by Crippen LogP contribution is -2.28. The van der Waals surface area contributed by atoms with Crippen molar-refractivity contribution in [1.82, 2.24) is 0 Å². The lowest BCUT2D eigenvalue weighted by Gasteiger charge is -2.31. The molecule has 1 fully saturated rings. The van der Waals surface area contributed by atoms with Gasteiger partial charge in [-0.3, -0.25) is 4.99 Å². The predicted octanol–water partition coefficient (Wildman–Crippen LogP) is 3.88. The van der Waals surface area contributed by atoms with E-state index in [0.717, 1.165) is 6.54 Å². The first-order valence-corrected chi connectivity index (χ1v) is 6.99. The Balaban J connectivity index is 1.77. The number of thioether (sulfide) groups is 1. The maximum Gasteiger partial charge on any atom is 0.0983 e. The second-order valence-corrected chi connectivity index (χ2v) is 6.29. The largest absolute Gasteiger partial charge is 0.276 e. The van der Waals surface area contributed by atoms with Crippen LogP contribution in [0.3, 0.4) is 0 Å². The highest BCUT2D eigenvalue weighted by molar-refractivity contribution is 8.15. The van der Waals surface area contributed by atoms with Gasteiger partial charge in [-0.05, 0) is 12.8 Å². The Kier molecular flexibility index (Phi) is 2.76. The van der Waals surface area contributed by atoms with Crippen molar-refractivity contribution in [1.29, 1.82) is 0 Å². The zero-order valence-electron chi connectivity index (χ0n) is 9.48. The molecule has 2 aliphatic rings. The Hall–Kier alpha value is -0.760. The molecule has 0 amide bonds. The quantitative estimate of drug-likeness (QED) is 0.714. The van der Waals surface area contributed by atoms with Crippen molar-refractivity contribution < 1.29 is 0 Å². The van der Waals surface area contributed by atoms with E-state index in [-0.39, 0.29) is 0 Å². The lowest BCUT2D eigenvalue weighted by atomic mass is 9.88. The molecule has 1 heterocycles. The van der Waals surface area contributed by atoms with Crippen molar-refractivity contribution in [2.45, 2.75) is 36.9 Å². The first kappa shape index (κ1) is 10.4. The second kappa shape index (κ2) is 4.25. The molecule has 16 heavy (non-hydrogen) atoms. The summed E-state index contributed by atoms with van der Waals surface area (Å²) in [6.45, 7) is 1.04. The minimum absolute atomic E-state index is 0.462. The molecule has 0 bridgehead atoms. The zero-order valence-corrected chi connectivity index (χ0v) is 10.3. The molecular formula is C14H17NS. The van der Waals surface area contributed by atoms with Gasteiger partial charge in [0.1, 0.15) is 0 Å². The topological polar surface area (TPSA) is 12.4 Å².